The van der Waals surface area contributed by atoms with E-state index in [1.165, 1.54) is 18.4 Å². The smallest absolute Gasteiger partial charge is 0.268 e. The first-order chi connectivity index (χ1) is 10.8. The number of nitrogens with zero attached hydrogens (tertiary/aromatic N) is 5. The van der Waals surface area contributed by atoms with Gasteiger partial charge >= 0.3 is 0 Å². The Kier molecular flexibility index (Phi) is 3.34. The summed E-state index contributed by atoms with van der Waals surface area (Å²) < 4.78 is 5.71. The number of hydrogen-bond donors (Lipinski definition) is 0. The molecule has 0 N–H and O–H groups in total. The average molecular weight is 313 g/mol. The molecule has 7 heteroatoms. The molecule has 1 saturated heterocycles. The molecule has 0 amide bonds. The van der Waals surface area contributed by atoms with Crippen molar-refractivity contribution in [3.63, 3.8) is 0 Å². The van der Waals surface area contributed by atoms with Gasteiger partial charge in [-0.2, -0.15) is 0 Å². The lowest BCUT2D eigenvalue weighted by Gasteiger charge is -2.14. The van der Waals surface area contributed by atoms with Crippen LogP contribution in [0.2, 0.25) is 0 Å². The van der Waals surface area contributed by atoms with E-state index in [0.717, 1.165) is 23.8 Å². The van der Waals surface area contributed by atoms with Crippen LogP contribution in [0.25, 0.3) is 22.4 Å². The molecule has 1 fully saturated rings. The zero-order valence-electron chi connectivity index (χ0n) is 12.2. The molecule has 0 saturated carbocycles. The van der Waals surface area contributed by atoms with E-state index in [1.807, 2.05) is 25.1 Å². The number of hydrogen-bond acceptors (Lipinski definition) is 7. The Labute approximate surface area is 131 Å². The highest BCUT2D eigenvalue weighted by atomic mass is 32.1. The Morgan fingerprint density at radius 1 is 1.05 bits per heavy atom. The number of aryl methyl sites for hydroxylation is 1. The molecule has 4 rings (SSSR count). The number of anilines is 1. The van der Waals surface area contributed by atoms with Gasteiger partial charge in [0.2, 0.25) is 0 Å². The molecular formula is C15H15N5OS. The van der Waals surface area contributed by atoms with Crippen LogP contribution >= 0.6 is 11.3 Å². The van der Waals surface area contributed by atoms with Crippen molar-refractivity contribution in [3.05, 3.63) is 29.1 Å². The van der Waals surface area contributed by atoms with Crippen molar-refractivity contribution in [1.82, 2.24) is 20.4 Å². The SMILES string of the molecule is Cc1csc(-c2nnc(-c3ccc(N4CCCC4)nn3)o2)c1. The molecule has 22 heavy (non-hydrogen) atoms. The second-order valence-electron chi connectivity index (χ2n) is 5.37. The summed E-state index contributed by atoms with van der Waals surface area (Å²) in [6.45, 7) is 4.15. The molecule has 112 valence electrons. The van der Waals surface area contributed by atoms with Crippen molar-refractivity contribution in [2.24, 2.45) is 0 Å². The lowest BCUT2D eigenvalue weighted by atomic mass is 10.3. The first-order valence-corrected chi connectivity index (χ1v) is 8.15. The van der Waals surface area contributed by atoms with Crippen molar-refractivity contribution in [2.45, 2.75) is 19.8 Å². The van der Waals surface area contributed by atoms with Gasteiger partial charge in [-0.3, -0.25) is 0 Å². The van der Waals surface area contributed by atoms with E-state index in [9.17, 15) is 0 Å². The first-order valence-electron chi connectivity index (χ1n) is 7.28. The molecule has 0 spiro atoms. The van der Waals surface area contributed by atoms with Gasteiger partial charge in [0, 0.05) is 13.1 Å². The monoisotopic (exact) mass is 313 g/mol. The van der Waals surface area contributed by atoms with Crippen molar-refractivity contribution in [2.75, 3.05) is 18.0 Å². The summed E-state index contributed by atoms with van der Waals surface area (Å²) >= 11 is 1.59. The number of thiophene rings is 1. The fourth-order valence-electron chi connectivity index (χ4n) is 2.52. The summed E-state index contributed by atoms with van der Waals surface area (Å²) in [5, 5.41) is 18.7. The normalized spacial score (nSPS) is 14.7. The average Bonchev–Trinajstić information content (AvgIpc) is 3.28. The highest BCUT2D eigenvalue weighted by molar-refractivity contribution is 7.13. The van der Waals surface area contributed by atoms with Crippen LogP contribution in [0.5, 0.6) is 0 Å². The van der Waals surface area contributed by atoms with Gasteiger partial charge in [0.05, 0.1) is 4.88 Å². The minimum absolute atomic E-state index is 0.404. The van der Waals surface area contributed by atoms with Crippen molar-refractivity contribution < 1.29 is 4.42 Å². The number of rotatable bonds is 3. The fourth-order valence-corrected chi connectivity index (χ4v) is 3.34. The molecule has 1 aliphatic rings. The van der Waals surface area contributed by atoms with E-state index in [0.29, 0.717) is 17.5 Å². The molecule has 0 aromatic carbocycles. The summed E-state index contributed by atoms with van der Waals surface area (Å²) in [5.41, 5.74) is 1.80. The number of aromatic nitrogens is 4. The Morgan fingerprint density at radius 3 is 2.55 bits per heavy atom. The zero-order chi connectivity index (χ0) is 14.9. The molecule has 0 aliphatic carbocycles. The Bertz CT molecular complexity index is 773. The van der Waals surface area contributed by atoms with E-state index in [2.05, 4.69) is 30.7 Å². The summed E-state index contributed by atoms with van der Waals surface area (Å²) in [5.74, 6) is 1.84. The van der Waals surface area contributed by atoms with E-state index in [-0.39, 0.29) is 0 Å². The van der Waals surface area contributed by atoms with E-state index in [4.69, 9.17) is 4.42 Å². The third-order valence-electron chi connectivity index (χ3n) is 3.67. The highest BCUT2D eigenvalue weighted by Gasteiger charge is 2.16. The lowest BCUT2D eigenvalue weighted by Crippen LogP contribution is -2.19. The molecule has 6 nitrogen and oxygen atoms in total. The van der Waals surface area contributed by atoms with Crippen LogP contribution in [0, 0.1) is 6.92 Å². The summed E-state index contributed by atoms with van der Waals surface area (Å²) in [6.07, 6.45) is 2.44. The molecule has 0 radical (unpaired) electrons. The topological polar surface area (TPSA) is 67.9 Å². The molecule has 0 atom stereocenters. The zero-order valence-corrected chi connectivity index (χ0v) is 13.0. The third kappa shape index (κ3) is 2.48. The van der Waals surface area contributed by atoms with Gasteiger partial charge in [-0.25, -0.2) is 0 Å². The minimum atomic E-state index is 0.404. The third-order valence-corrected chi connectivity index (χ3v) is 4.70. The molecule has 4 heterocycles. The van der Waals surface area contributed by atoms with Crippen molar-refractivity contribution >= 4 is 17.2 Å². The predicted octanol–water partition coefficient (Wildman–Crippen LogP) is 3.16. The standard InChI is InChI=1S/C15H15N5OS/c1-10-8-12(22-9-10)15-19-18-14(21-15)11-4-5-13(17-16-11)20-6-2-3-7-20/h4-5,8-9H,2-3,6-7H2,1H3. The summed E-state index contributed by atoms with van der Waals surface area (Å²) in [4.78, 5) is 3.21. The van der Waals surface area contributed by atoms with Crippen LogP contribution in [-0.2, 0) is 0 Å². The van der Waals surface area contributed by atoms with Gasteiger partial charge in [0.1, 0.15) is 5.69 Å². The fraction of sp³-hybridized carbons (Fsp3) is 0.333. The Morgan fingerprint density at radius 2 is 1.86 bits per heavy atom. The van der Waals surface area contributed by atoms with Crippen LogP contribution in [0.4, 0.5) is 5.82 Å². The maximum absolute atomic E-state index is 5.71. The minimum Gasteiger partial charge on any atom is -0.414 e. The highest BCUT2D eigenvalue weighted by Crippen LogP contribution is 2.28. The van der Waals surface area contributed by atoms with Gasteiger partial charge < -0.3 is 9.32 Å². The predicted molar refractivity (Wildman–Crippen MR) is 84.8 cm³/mol. The Balaban J connectivity index is 1.58. The van der Waals surface area contributed by atoms with Gasteiger partial charge in [-0.05, 0) is 48.9 Å². The van der Waals surface area contributed by atoms with Crippen LogP contribution in [0.1, 0.15) is 18.4 Å². The largest absolute Gasteiger partial charge is 0.414 e. The van der Waals surface area contributed by atoms with Crippen molar-refractivity contribution in [3.8, 4) is 22.4 Å². The van der Waals surface area contributed by atoms with Gasteiger partial charge in [0.25, 0.3) is 11.8 Å². The molecular weight excluding hydrogens is 298 g/mol. The van der Waals surface area contributed by atoms with E-state index in [1.54, 1.807) is 11.3 Å². The molecule has 0 bridgehead atoms. The van der Waals surface area contributed by atoms with Gasteiger partial charge in [-0.1, -0.05) is 0 Å². The first kappa shape index (κ1) is 13.4. The van der Waals surface area contributed by atoms with Crippen LogP contribution in [0.15, 0.2) is 28.0 Å². The lowest BCUT2D eigenvalue weighted by molar-refractivity contribution is 0.582. The molecule has 1 aliphatic heterocycles. The summed E-state index contributed by atoms with van der Waals surface area (Å²) in [6, 6.07) is 5.88. The van der Waals surface area contributed by atoms with E-state index >= 15 is 0 Å². The summed E-state index contributed by atoms with van der Waals surface area (Å²) in [7, 11) is 0. The second-order valence-corrected chi connectivity index (χ2v) is 6.28. The van der Waals surface area contributed by atoms with E-state index < -0.39 is 0 Å². The molecule has 3 aromatic rings. The van der Waals surface area contributed by atoms with Crippen LogP contribution in [0.3, 0.4) is 0 Å². The molecule has 3 aromatic heterocycles. The maximum Gasteiger partial charge on any atom is 0.268 e. The maximum atomic E-state index is 5.71. The molecule has 0 unspecified atom stereocenters. The van der Waals surface area contributed by atoms with Gasteiger partial charge in [0.15, 0.2) is 5.82 Å². The quantitative estimate of drug-likeness (QED) is 0.740. The van der Waals surface area contributed by atoms with Crippen molar-refractivity contribution in [1.29, 1.82) is 0 Å². The Hall–Kier alpha value is -2.28. The van der Waals surface area contributed by atoms with Crippen LogP contribution in [-0.4, -0.2) is 33.5 Å². The van der Waals surface area contributed by atoms with Crippen LogP contribution < -0.4 is 4.90 Å². The second kappa shape index (κ2) is 5.49. The van der Waals surface area contributed by atoms with Gasteiger partial charge in [-0.15, -0.1) is 31.7 Å².